The molecule has 0 radical (unpaired) electrons. The van der Waals surface area contributed by atoms with Gasteiger partial charge in [0.1, 0.15) is 12.6 Å². The molecule has 2 rings (SSSR count). The lowest BCUT2D eigenvalue weighted by Gasteiger charge is -2.16. The van der Waals surface area contributed by atoms with Gasteiger partial charge in [0.25, 0.3) is 5.91 Å². The quantitative estimate of drug-likeness (QED) is 0.751. The fourth-order valence-corrected chi connectivity index (χ4v) is 2.05. The van der Waals surface area contributed by atoms with Crippen molar-refractivity contribution in [1.82, 2.24) is 5.32 Å². The maximum Gasteiger partial charge on any atom is 0.329 e. The Bertz CT molecular complexity index is 701. The van der Waals surface area contributed by atoms with Gasteiger partial charge in [-0.05, 0) is 17.7 Å². The van der Waals surface area contributed by atoms with E-state index in [4.69, 9.17) is 10.5 Å². The number of hydrogen-bond acceptors (Lipinski definition) is 4. The van der Waals surface area contributed by atoms with E-state index in [1.807, 2.05) is 18.2 Å². The van der Waals surface area contributed by atoms with E-state index in [0.29, 0.717) is 5.56 Å². The largest absolute Gasteiger partial charge is 0.459 e. The highest BCUT2D eigenvalue weighted by Crippen LogP contribution is 2.05. The van der Waals surface area contributed by atoms with Crippen molar-refractivity contribution in [3.8, 4) is 0 Å². The summed E-state index contributed by atoms with van der Waals surface area (Å²) in [5.74, 6) is -1.88. The van der Waals surface area contributed by atoms with Crippen LogP contribution in [0.25, 0.3) is 0 Å². The summed E-state index contributed by atoms with van der Waals surface area (Å²) in [5, 5.41) is 2.49. The average Bonchev–Trinajstić information content (AvgIpc) is 2.60. The predicted molar refractivity (Wildman–Crippen MR) is 87.7 cm³/mol. The van der Waals surface area contributed by atoms with E-state index in [2.05, 4.69) is 5.32 Å². The predicted octanol–water partition coefficient (Wildman–Crippen LogP) is 1.40. The lowest BCUT2D eigenvalue weighted by molar-refractivity contribution is -0.148. The number of benzene rings is 2. The zero-order chi connectivity index (χ0) is 17.4. The Kier molecular flexibility index (Phi) is 6.08. The molecule has 0 fully saturated rings. The number of carbonyl (C=O) groups is 3. The molecule has 0 spiro atoms. The molecule has 0 aliphatic heterocycles. The molecule has 1 unspecified atom stereocenters. The Morgan fingerprint density at radius 2 is 1.54 bits per heavy atom. The van der Waals surface area contributed by atoms with Crippen LogP contribution in [0, 0.1) is 0 Å². The fraction of sp³-hybridized carbons (Fsp3) is 0.167. The molecule has 0 aromatic heterocycles. The Hall–Kier alpha value is -3.15. The van der Waals surface area contributed by atoms with Crippen LogP contribution in [0.1, 0.15) is 22.3 Å². The monoisotopic (exact) mass is 326 g/mol. The minimum atomic E-state index is -1.13. The number of carbonyl (C=O) groups excluding carboxylic acids is 3. The first kappa shape index (κ1) is 17.2. The van der Waals surface area contributed by atoms with E-state index >= 15 is 0 Å². The van der Waals surface area contributed by atoms with Gasteiger partial charge >= 0.3 is 5.97 Å². The topological polar surface area (TPSA) is 98.5 Å². The van der Waals surface area contributed by atoms with Crippen molar-refractivity contribution in [2.24, 2.45) is 5.73 Å². The summed E-state index contributed by atoms with van der Waals surface area (Å²) in [6.07, 6.45) is -0.327. The summed E-state index contributed by atoms with van der Waals surface area (Å²) in [6, 6.07) is 16.3. The zero-order valence-electron chi connectivity index (χ0n) is 13.0. The maximum absolute atomic E-state index is 12.2. The Morgan fingerprint density at radius 3 is 2.12 bits per heavy atom. The second-order valence-electron chi connectivity index (χ2n) is 5.16. The Balaban J connectivity index is 2.00. The van der Waals surface area contributed by atoms with Crippen LogP contribution in [0.4, 0.5) is 0 Å². The number of ether oxygens (including phenoxy) is 1. The van der Waals surface area contributed by atoms with Crippen molar-refractivity contribution in [3.63, 3.8) is 0 Å². The van der Waals surface area contributed by atoms with Crippen LogP contribution in [-0.4, -0.2) is 23.8 Å². The minimum absolute atomic E-state index is 0.0517. The normalized spacial score (nSPS) is 11.3. The Morgan fingerprint density at radius 1 is 0.958 bits per heavy atom. The van der Waals surface area contributed by atoms with Gasteiger partial charge in [-0.3, -0.25) is 9.59 Å². The highest BCUT2D eigenvalue weighted by atomic mass is 16.5. The molecule has 6 nitrogen and oxygen atoms in total. The molecule has 6 heteroatoms. The van der Waals surface area contributed by atoms with E-state index in [0.717, 1.165) is 5.56 Å². The highest BCUT2D eigenvalue weighted by Gasteiger charge is 2.25. The average molecular weight is 326 g/mol. The standard InChI is InChI=1S/C18H18N2O4/c19-16(21)11-15(20-17(22)14-9-5-2-6-10-14)18(23)24-12-13-7-3-1-4-8-13/h1-10,15H,11-12H2,(H2,19,21)(H,20,22). The molecule has 2 amide bonds. The van der Waals surface area contributed by atoms with E-state index in [-0.39, 0.29) is 13.0 Å². The number of hydrogen-bond donors (Lipinski definition) is 2. The lowest BCUT2D eigenvalue weighted by atomic mass is 10.1. The van der Waals surface area contributed by atoms with Crippen molar-refractivity contribution in [3.05, 3.63) is 71.8 Å². The summed E-state index contributed by atoms with van der Waals surface area (Å²) in [6.45, 7) is 0.0517. The number of nitrogens with two attached hydrogens (primary N) is 1. The summed E-state index contributed by atoms with van der Waals surface area (Å²) < 4.78 is 5.17. The van der Waals surface area contributed by atoms with Gasteiger partial charge in [-0.1, -0.05) is 48.5 Å². The third-order valence-corrected chi connectivity index (χ3v) is 3.26. The molecule has 0 heterocycles. The third kappa shape index (κ3) is 5.24. The van der Waals surface area contributed by atoms with Crippen molar-refractivity contribution >= 4 is 17.8 Å². The smallest absolute Gasteiger partial charge is 0.329 e. The van der Waals surface area contributed by atoms with Crippen LogP contribution < -0.4 is 11.1 Å². The molecule has 2 aromatic rings. The van der Waals surface area contributed by atoms with Gasteiger partial charge < -0.3 is 15.8 Å². The molecule has 0 saturated heterocycles. The lowest BCUT2D eigenvalue weighted by Crippen LogP contribution is -2.44. The molecular formula is C18H18N2O4. The van der Waals surface area contributed by atoms with Crippen molar-refractivity contribution < 1.29 is 19.1 Å². The maximum atomic E-state index is 12.2. The summed E-state index contributed by atoms with van der Waals surface area (Å²) >= 11 is 0. The van der Waals surface area contributed by atoms with E-state index in [9.17, 15) is 14.4 Å². The van der Waals surface area contributed by atoms with Crippen molar-refractivity contribution in [2.75, 3.05) is 0 Å². The van der Waals surface area contributed by atoms with Crippen LogP contribution in [0.5, 0.6) is 0 Å². The molecule has 0 aliphatic rings. The SMILES string of the molecule is NC(=O)CC(NC(=O)c1ccccc1)C(=O)OCc1ccccc1. The third-order valence-electron chi connectivity index (χ3n) is 3.26. The number of esters is 1. The molecule has 24 heavy (non-hydrogen) atoms. The first-order valence-electron chi connectivity index (χ1n) is 7.41. The van der Waals surface area contributed by atoms with Crippen molar-refractivity contribution in [2.45, 2.75) is 19.1 Å². The van der Waals surface area contributed by atoms with E-state index in [1.165, 1.54) is 0 Å². The van der Waals surface area contributed by atoms with Gasteiger partial charge in [0.2, 0.25) is 5.91 Å². The van der Waals surface area contributed by atoms with Crippen LogP contribution in [0.3, 0.4) is 0 Å². The summed E-state index contributed by atoms with van der Waals surface area (Å²) in [4.78, 5) is 35.5. The highest BCUT2D eigenvalue weighted by molar-refractivity contribution is 5.97. The fourth-order valence-electron chi connectivity index (χ4n) is 2.05. The molecular weight excluding hydrogens is 308 g/mol. The van der Waals surface area contributed by atoms with Crippen molar-refractivity contribution in [1.29, 1.82) is 0 Å². The minimum Gasteiger partial charge on any atom is -0.459 e. The molecule has 1 atom stereocenters. The van der Waals surface area contributed by atoms with Gasteiger partial charge in [0, 0.05) is 5.56 Å². The first-order chi connectivity index (χ1) is 11.6. The summed E-state index contributed by atoms with van der Waals surface area (Å²) in [5.41, 5.74) is 6.34. The van der Waals surface area contributed by atoms with Gasteiger partial charge in [-0.15, -0.1) is 0 Å². The molecule has 2 aromatic carbocycles. The molecule has 0 bridgehead atoms. The second-order valence-corrected chi connectivity index (χ2v) is 5.16. The Labute approximate surface area is 139 Å². The van der Waals surface area contributed by atoms with Gasteiger partial charge in [-0.2, -0.15) is 0 Å². The summed E-state index contributed by atoms with van der Waals surface area (Å²) in [7, 11) is 0. The molecule has 124 valence electrons. The van der Waals surface area contributed by atoms with Crippen LogP contribution in [0.15, 0.2) is 60.7 Å². The van der Waals surface area contributed by atoms with Gasteiger partial charge in [0.15, 0.2) is 0 Å². The zero-order valence-corrected chi connectivity index (χ0v) is 13.0. The van der Waals surface area contributed by atoms with Crippen LogP contribution in [-0.2, 0) is 20.9 Å². The number of amides is 2. The van der Waals surface area contributed by atoms with Crippen LogP contribution in [0.2, 0.25) is 0 Å². The first-order valence-corrected chi connectivity index (χ1v) is 7.41. The second kappa shape index (κ2) is 8.47. The molecule has 0 aliphatic carbocycles. The van der Waals surface area contributed by atoms with E-state index in [1.54, 1.807) is 42.5 Å². The van der Waals surface area contributed by atoms with Crippen LogP contribution >= 0.6 is 0 Å². The van der Waals surface area contributed by atoms with Gasteiger partial charge in [0.05, 0.1) is 6.42 Å². The molecule has 0 saturated carbocycles. The van der Waals surface area contributed by atoms with Gasteiger partial charge in [-0.25, -0.2) is 4.79 Å². The number of nitrogens with one attached hydrogen (secondary N) is 1. The van der Waals surface area contributed by atoms with E-state index < -0.39 is 23.8 Å². The number of rotatable bonds is 7. The number of primary amides is 1. The molecule has 3 N–H and O–H groups in total.